The van der Waals surface area contributed by atoms with Gasteiger partial charge in [0.05, 0.1) is 10.6 Å². The first-order valence-corrected chi connectivity index (χ1v) is 10.2. The minimum Gasteiger partial charge on any atom is -0.302 e. The summed E-state index contributed by atoms with van der Waals surface area (Å²) in [4.78, 5) is 24.9. The number of alkyl halides is 3. The molecule has 2 N–H and O–H groups in total. The second-order valence-corrected chi connectivity index (χ2v) is 8.77. The van der Waals surface area contributed by atoms with Crippen LogP contribution in [-0.4, -0.2) is 32.2 Å². The zero-order valence-electron chi connectivity index (χ0n) is 15.5. The van der Waals surface area contributed by atoms with Gasteiger partial charge in [-0.3, -0.25) is 4.79 Å². The Morgan fingerprint density at radius 2 is 1.63 bits per heavy atom. The summed E-state index contributed by atoms with van der Waals surface area (Å²) in [5.74, 6) is -1.82. The number of anilines is 1. The van der Waals surface area contributed by atoms with Gasteiger partial charge < -0.3 is 5.32 Å². The fourth-order valence-electron chi connectivity index (χ4n) is 2.82. The molecule has 12 heteroatoms. The van der Waals surface area contributed by atoms with Crippen LogP contribution in [0.5, 0.6) is 0 Å². The van der Waals surface area contributed by atoms with Crippen molar-refractivity contribution in [2.75, 3.05) is 4.90 Å². The first-order chi connectivity index (χ1) is 13.8. The van der Waals surface area contributed by atoms with E-state index >= 15 is 0 Å². The lowest BCUT2D eigenvalue weighted by Crippen LogP contribution is -2.69. The highest BCUT2D eigenvalue weighted by Crippen LogP contribution is 2.37. The van der Waals surface area contributed by atoms with Gasteiger partial charge in [0, 0.05) is 5.02 Å². The molecule has 2 aromatic carbocycles. The van der Waals surface area contributed by atoms with E-state index < -0.39 is 38.7 Å². The maximum atomic E-state index is 14.0. The topological polar surface area (TPSA) is 95.6 Å². The van der Waals surface area contributed by atoms with Crippen LogP contribution in [0.1, 0.15) is 11.1 Å². The lowest BCUT2D eigenvalue weighted by Gasteiger charge is -2.29. The third-order valence-corrected chi connectivity index (χ3v) is 6.33. The molecule has 7 nitrogen and oxygen atoms in total. The number of hydrogen-bond acceptors (Lipinski definition) is 4. The Balaban J connectivity index is 2.08. The molecular weight excluding hydrogens is 447 g/mol. The highest BCUT2D eigenvalue weighted by Gasteiger charge is 2.69. The number of carbonyl (C=O) groups excluding carboxylic acids is 2. The normalized spacial score (nSPS) is 19.9. The Kier molecular flexibility index (Phi) is 5.34. The molecule has 160 valence electrons. The molecule has 2 aromatic rings. The van der Waals surface area contributed by atoms with Crippen molar-refractivity contribution in [1.29, 1.82) is 0 Å². The minimum absolute atomic E-state index is 0.127. The molecule has 0 aromatic heterocycles. The van der Waals surface area contributed by atoms with Crippen molar-refractivity contribution in [3.63, 3.8) is 0 Å². The molecule has 1 aliphatic heterocycles. The quantitative estimate of drug-likeness (QED) is 0.683. The molecule has 1 fully saturated rings. The number of carbonyl (C=O) groups is 2. The summed E-state index contributed by atoms with van der Waals surface area (Å²) in [5.41, 5.74) is -2.59. The third kappa shape index (κ3) is 3.64. The number of rotatable bonds is 4. The number of halogens is 4. The number of nitrogens with one attached hydrogen (secondary N) is 2. The molecule has 0 saturated carbocycles. The van der Waals surface area contributed by atoms with Crippen LogP contribution < -0.4 is 14.9 Å². The molecule has 3 amide bonds. The number of urea groups is 1. The first-order valence-electron chi connectivity index (χ1n) is 8.39. The van der Waals surface area contributed by atoms with Crippen LogP contribution in [-0.2, 0) is 14.8 Å². The van der Waals surface area contributed by atoms with Gasteiger partial charge in [-0.2, -0.15) is 17.9 Å². The fourth-order valence-corrected chi connectivity index (χ4v) is 4.22. The second kappa shape index (κ2) is 7.25. The Labute approximate surface area is 174 Å². The predicted molar refractivity (Wildman–Crippen MR) is 102 cm³/mol. The molecule has 1 aliphatic rings. The van der Waals surface area contributed by atoms with Gasteiger partial charge in [0.1, 0.15) is 0 Å². The predicted octanol–water partition coefficient (Wildman–Crippen LogP) is 3.25. The molecule has 30 heavy (non-hydrogen) atoms. The van der Waals surface area contributed by atoms with Gasteiger partial charge in [0.2, 0.25) is 10.0 Å². The van der Waals surface area contributed by atoms with E-state index in [0.29, 0.717) is 5.56 Å². The molecule has 0 bridgehead atoms. The highest BCUT2D eigenvalue weighted by atomic mass is 35.5. The maximum Gasteiger partial charge on any atom is 0.435 e. The number of imide groups is 1. The molecule has 1 atom stereocenters. The summed E-state index contributed by atoms with van der Waals surface area (Å²) in [6.07, 6.45) is -5.48. The first kappa shape index (κ1) is 22.1. The van der Waals surface area contributed by atoms with Crippen molar-refractivity contribution < 1.29 is 31.2 Å². The molecule has 1 unspecified atom stereocenters. The maximum absolute atomic E-state index is 14.0. The van der Waals surface area contributed by atoms with Gasteiger partial charge in [0.15, 0.2) is 0 Å². The van der Waals surface area contributed by atoms with E-state index in [1.165, 1.54) is 28.2 Å². The molecule has 0 aliphatic carbocycles. The van der Waals surface area contributed by atoms with Crippen LogP contribution in [0.15, 0.2) is 47.4 Å². The number of amides is 3. The number of aryl methyl sites for hydroxylation is 2. The molecular formula is C18H15ClF3N3O4S. The molecule has 0 radical (unpaired) electrons. The van der Waals surface area contributed by atoms with Crippen LogP contribution in [0.25, 0.3) is 0 Å². The highest BCUT2D eigenvalue weighted by molar-refractivity contribution is 7.89. The lowest BCUT2D eigenvalue weighted by molar-refractivity contribution is -0.194. The smallest absolute Gasteiger partial charge is 0.302 e. The monoisotopic (exact) mass is 461 g/mol. The lowest BCUT2D eigenvalue weighted by atomic mass is 10.1. The Hall–Kier alpha value is -2.63. The van der Waals surface area contributed by atoms with Crippen molar-refractivity contribution >= 4 is 39.2 Å². The minimum atomic E-state index is -5.48. The average molecular weight is 462 g/mol. The van der Waals surface area contributed by atoms with Crippen molar-refractivity contribution in [3.8, 4) is 0 Å². The SMILES string of the molecule is Cc1ccc(N2C(=O)NC(NS(=O)(=O)c3ccc(Cl)cc3)(C(F)(F)F)C2=O)cc1C. The van der Waals surface area contributed by atoms with E-state index in [2.05, 4.69) is 0 Å². The van der Waals surface area contributed by atoms with E-state index in [0.717, 1.165) is 29.8 Å². The molecule has 0 spiro atoms. The van der Waals surface area contributed by atoms with Gasteiger partial charge in [-0.1, -0.05) is 17.7 Å². The fraction of sp³-hybridized carbons (Fsp3) is 0.222. The summed E-state index contributed by atoms with van der Waals surface area (Å²) in [5, 5.41) is 1.63. The standard InChI is InChI=1S/C18H15ClF3N3O4S/c1-10-3-6-13(9-11(10)2)25-15(26)17(18(20,21)22,23-16(25)27)24-30(28,29)14-7-4-12(19)5-8-14/h3-9,24H,1-2H3,(H,23,27). The summed E-state index contributed by atoms with van der Waals surface area (Å²) in [6, 6.07) is 7.01. The largest absolute Gasteiger partial charge is 0.435 e. The van der Waals surface area contributed by atoms with E-state index in [9.17, 15) is 31.2 Å². The zero-order valence-corrected chi connectivity index (χ0v) is 17.1. The van der Waals surface area contributed by atoms with Gasteiger partial charge in [0.25, 0.3) is 11.6 Å². The van der Waals surface area contributed by atoms with Crippen LogP contribution >= 0.6 is 11.6 Å². The van der Waals surface area contributed by atoms with Gasteiger partial charge in [-0.25, -0.2) is 18.1 Å². The number of benzene rings is 2. The summed E-state index contributed by atoms with van der Waals surface area (Å²) in [7, 11) is -4.87. The number of hydrogen-bond donors (Lipinski definition) is 2. The van der Waals surface area contributed by atoms with Gasteiger partial charge in [-0.15, -0.1) is 0 Å². The van der Waals surface area contributed by atoms with E-state index in [-0.39, 0.29) is 15.6 Å². The summed E-state index contributed by atoms with van der Waals surface area (Å²) in [6.45, 7) is 3.39. The van der Waals surface area contributed by atoms with Gasteiger partial charge in [-0.05, 0) is 61.4 Å². The van der Waals surface area contributed by atoms with E-state index in [4.69, 9.17) is 11.6 Å². The van der Waals surface area contributed by atoms with Crippen molar-refractivity contribution in [2.45, 2.75) is 30.6 Å². The Morgan fingerprint density at radius 3 is 2.17 bits per heavy atom. The van der Waals surface area contributed by atoms with Crippen LogP contribution in [0.4, 0.5) is 23.7 Å². The van der Waals surface area contributed by atoms with Crippen LogP contribution in [0.2, 0.25) is 5.02 Å². The number of sulfonamides is 1. The Morgan fingerprint density at radius 1 is 1.03 bits per heavy atom. The van der Waals surface area contributed by atoms with Crippen LogP contribution in [0, 0.1) is 13.8 Å². The van der Waals surface area contributed by atoms with Crippen molar-refractivity contribution in [2.24, 2.45) is 0 Å². The second-order valence-electron chi connectivity index (χ2n) is 6.65. The average Bonchev–Trinajstić information content (AvgIpc) is 2.88. The Bertz CT molecular complexity index is 1140. The van der Waals surface area contributed by atoms with Gasteiger partial charge >= 0.3 is 12.2 Å². The molecule has 1 saturated heterocycles. The zero-order chi connectivity index (χ0) is 22.5. The number of nitrogens with zero attached hydrogens (tertiary/aromatic N) is 1. The van der Waals surface area contributed by atoms with E-state index in [1.807, 2.05) is 0 Å². The van der Waals surface area contributed by atoms with Crippen molar-refractivity contribution in [1.82, 2.24) is 10.0 Å². The van der Waals surface area contributed by atoms with Crippen LogP contribution in [0.3, 0.4) is 0 Å². The summed E-state index contributed by atoms with van der Waals surface area (Å²) < 4.78 is 68.4. The molecule has 1 heterocycles. The molecule has 3 rings (SSSR count). The van der Waals surface area contributed by atoms with E-state index in [1.54, 1.807) is 13.8 Å². The third-order valence-electron chi connectivity index (χ3n) is 4.61. The van der Waals surface area contributed by atoms with Crippen molar-refractivity contribution in [3.05, 3.63) is 58.6 Å². The summed E-state index contributed by atoms with van der Waals surface area (Å²) >= 11 is 5.67.